The van der Waals surface area contributed by atoms with Crippen LogP contribution in [0.5, 0.6) is 23.0 Å². The molecule has 4 heteroatoms. The first-order valence-corrected chi connectivity index (χ1v) is 5.29. The molecule has 0 amide bonds. The highest BCUT2D eigenvalue weighted by Crippen LogP contribution is 2.37. The van der Waals surface area contributed by atoms with E-state index in [2.05, 4.69) is 0 Å². The Labute approximate surface area is 104 Å². The van der Waals surface area contributed by atoms with Gasteiger partial charge in [-0.2, -0.15) is 0 Å². The lowest BCUT2D eigenvalue weighted by Gasteiger charge is -2.03. The van der Waals surface area contributed by atoms with Crippen molar-refractivity contribution in [3.63, 3.8) is 0 Å². The lowest BCUT2D eigenvalue weighted by Crippen LogP contribution is -1.77. The fraction of sp³-hybridized carbons (Fsp3) is 0. The molecule has 0 aliphatic heterocycles. The zero-order valence-electron chi connectivity index (χ0n) is 9.41. The fourth-order valence-corrected chi connectivity index (χ4v) is 1.49. The fourth-order valence-electron chi connectivity index (χ4n) is 1.49. The highest BCUT2D eigenvalue weighted by molar-refractivity contribution is 5.75. The first-order valence-electron chi connectivity index (χ1n) is 5.29. The summed E-state index contributed by atoms with van der Waals surface area (Å²) in [5.74, 6) is -1.10. The average molecular weight is 244 g/mol. The molecule has 0 radical (unpaired) electrons. The van der Waals surface area contributed by atoms with Crippen molar-refractivity contribution in [2.24, 2.45) is 0 Å². The summed E-state index contributed by atoms with van der Waals surface area (Å²) in [6.45, 7) is 0. The molecule has 0 fully saturated rings. The molecule has 0 aliphatic rings. The molecule has 0 spiro atoms. The SMILES string of the molecule is Oc1ccc(/C=C/c2ccc(O)c(O)c2O)cc1. The van der Waals surface area contributed by atoms with E-state index in [1.165, 1.54) is 12.1 Å². The van der Waals surface area contributed by atoms with Crippen LogP contribution in [0.1, 0.15) is 11.1 Å². The van der Waals surface area contributed by atoms with E-state index in [9.17, 15) is 15.3 Å². The number of phenolic OH excluding ortho intramolecular Hbond substituents is 4. The average Bonchev–Trinajstić information content (AvgIpc) is 2.37. The topological polar surface area (TPSA) is 80.9 Å². The molecular formula is C14H12O4. The van der Waals surface area contributed by atoms with Gasteiger partial charge in [-0.05, 0) is 29.8 Å². The molecule has 18 heavy (non-hydrogen) atoms. The summed E-state index contributed by atoms with van der Waals surface area (Å²) in [4.78, 5) is 0. The molecule has 0 atom stereocenters. The van der Waals surface area contributed by atoms with Crippen molar-refractivity contribution in [3.8, 4) is 23.0 Å². The van der Waals surface area contributed by atoms with Gasteiger partial charge in [0.1, 0.15) is 5.75 Å². The van der Waals surface area contributed by atoms with Gasteiger partial charge in [0, 0.05) is 5.56 Å². The molecule has 0 unspecified atom stereocenters. The molecule has 0 saturated carbocycles. The molecule has 2 aromatic rings. The second kappa shape index (κ2) is 4.71. The van der Waals surface area contributed by atoms with Crippen molar-refractivity contribution in [2.45, 2.75) is 0 Å². The van der Waals surface area contributed by atoms with Crippen LogP contribution >= 0.6 is 0 Å². The minimum absolute atomic E-state index is 0.178. The largest absolute Gasteiger partial charge is 0.508 e. The third kappa shape index (κ3) is 2.38. The van der Waals surface area contributed by atoms with Gasteiger partial charge in [-0.15, -0.1) is 0 Å². The lowest BCUT2D eigenvalue weighted by atomic mass is 10.1. The van der Waals surface area contributed by atoms with Gasteiger partial charge in [0.2, 0.25) is 5.75 Å². The van der Waals surface area contributed by atoms with Gasteiger partial charge in [-0.1, -0.05) is 24.3 Å². The first kappa shape index (κ1) is 11.9. The monoisotopic (exact) mass is 244 g/mol. The van der Waals surface area contributed by atoms with Gasteiger partial charge in [0.05, 0.1) is 0 Å². The third-order valence-corrected chi connectivity index (χ3v) is 2.51. The van der Waals surface area contributed by atoms with E-state index in [4.69, 9.17) is 5.11 Å². The minimum atomic E-state index is -0.539. The smallest absolute Gasteiger partial charge is 0.200 e. The predicted octanol–water partition coefficient (Wildman–Crippen LogP) is 2.68. The Morgan fingerprint density at radius 1 is 0.667 bits per heavy atom. The van der Waals surface area contributed by atoms with Crippen LogP contribution < -0.4 is 0 Å². The van der Waals surface area contributed by atoms with Crippen molar-refractivity contribution >= 4 is 12.2 Å². The molecule has 0 bridgehead atoms. The first-order chi connectivity index (χ1) is 8.58. The summed E-state index contributed by atoms with van der Waals surface area (Å²) in [6, 6.07) is 9.31. The Morgan fingerprint density at radius 2 is 1.33 bits per heavy atom. The van der Waals surface area contributed by atoms with Crippen LogP contribution in [0, 0.1) is 0 Å². The lowest BCUT2D eigenvalue weighted by molar-refractivity contribution is 0.367. The molecule has 0 aliphatic carbocycles. The van der Waals surface area contributed by atoms with Gasteiger partial charge in [-0.3, -0.25) is 0 Å². The molecule has 4 nitrogen and oxygen atoms in total. The van der Waals surface area contributed by atoms with Gasteiger partial charge < -0.3 is 20.4 Å². The second-order valence-electron chi connectivity index (χ2n) is 3.80. The van der Waals surface area contributed by atoms with Crippen molar-refractivity contribution in [3.05, 3.63) is 47.5 Å². The maximum atomic E-state index is 9.60. The Kier molecular flexibility index (Phi) is 3.10. The van der Waals surface area contributed by atoms with Crippen molar-refractivity contribution in [1.82, 2.24) is 0 Å². The normalized spacial score (nSPS) is 10.9. The van der Waals surface area contributed by atoms with Crippen LogP contribution in [0.25, 0.3) is 12.2 Å². The Morgan fingerprint density at radius 3 is 2.00 bits per heavy atom. The number of rotatable bonds is 2. The molecular weight excluding hydrogens is 232 g/mol. The highest BCUT2D eigenvalue weighted by Gasteiger charge is 2.08. The summed E-state index contributed by atoms with van der Waals surface area (Å²) < 4.78 is 0. The van der Waals surface area contributed by atoms with Crippen LogP contribution in [-0.2, 0) is 0 Å². The quantitative estimate of drug-likeness (QED) is 0.483. The Hall–Kier alpha value is -2.62. The standard InChI is InChI=1S/C14H12O4/c15-11-6-2-9(3-7-11)1-4-10-5-8-12(16)14(18)13(10)17/h1-8,15-18H/b4-1+. The van der Waals surface area contributed by atoms with E-state index in [-0.39, 0.29) is 17.2 Å². The van der Waals surface area contributed by atoms with E-state index in [1.807, 2.05) is 0 Å². The Bertz CT molecular complexity index is 585. The van der Waals surface area contributed by atoms with E-state index < -0.39 is 5.75 Å². The highest BCUT2D eigenvalue weighted by atomic mass is 16.3. The van der Waals surface area contributed by atoms with Gasteiger partial charge >= 0.3 is 0 Å². The van der Waals surface area contributed by atoms with Crippen LogP contribution in [-0.4, -0.2) is 20.4 Å². The van der Waals surface area contributed by atoms with Crippen molar-refractivity contribution in [2.75, 3.05) is 0 Å². The van der Waals surface area contributed by atoms with Crippen LogP contribution in [0.15, 0.2) is 36.4 Å². The molecule has 0 heterocycles. The van der Waals surface area contributed by atoms with Gasteiger partial charge in [0.25, 0.3) is 0 Å². The van der Waals surface area contributed by atoms with E-state index in [0.29, 0.717) is 5.56 Å². The molecule has 0 aromatic heterocycles. The van der Waals surface area contributed by atoms with E-state index in [0.717, 1.165) is 5.56 Å². The summed E-state index contributed by atoms with van der Waals surface area (Å²) in [5.41, 5.74) is 1.22. The second-order valence-corrected chi connectivity index (χ2v) is 3.80. The zero-order chi connectivity index (χ0) is 13.1. The summed E-state index contributed by atoms with van der Waals surface area (Å²) in [7, 11) is 0. The number of phenols is 4. The number of hydrogen-bond acceptors (Lipinski definition) is 4. The number of benzene rings is 2. The molecule has 4 N–H and O–H groups in total. The molecule has 92 valence electrons. The van der Waals surface area contributed by atoms with Crippen molar-refractivity contribution in [1.29, 1.82) is 0 Å². The van der Waals surface area contributed by atoms with Crippen LogP contribution in [0.4, 0.5) is 0 Å². The third-order valence-electron chi connectivity index (χ3n) is 2.51. The van der Waals surface area contributed by atoms with E-state index in [1.54, 1.807) is 36.4 Å². The predicted molar refractivity (Wildman–Crippen MR) is 68.5 cm³/mol. The van der Waals surface area contributed by atoms with E-state index >= 15 is 0 Å². The van der Waals surface area contributed by atoms with Crippen molar-refractivity contribution < 1.29 is 20.4 Å². The van der Waals surface area contributed by atoms with Gasteiger partial charge in [0.15, 0.2) is 11.5 Å². The van der Waals surface area contributed by atoms with Gasteiger partial charge in [-0.25, -0.2) is 0 Å². The summed E-state index contributed by atoms with van der Waals surface area (Å²) in [5, 5.41) is 37.3. The maximum absolute atomic E-state index is 9.60. The summed E-state index contributed by atoms with van der Waals surface area (Å²) >= 11 is 0. The molecule has 2 aromatic carbocycles. The Balaban J connectivity index is 2.29. The summed E-state index contributed by atoms with van der Waals surface area (Å²) in [6.07, 6.45) is 3.31. The van der Waals surface area contributed by atoms with Crippen LogP contribution in [0.3, 0.4) is 0 Å². The zero-order valence-corrected chi connectivity index (χ0v) is 9.41. The number of aromatic hydroxyl groups is 4. The minimum Gasteiger partial charge on any atom is -0.508 e. The maximum Gasteiger partial charge on any atom is 0.200 e. The molecule has 0 saturated heterocycles. The van der Waals surface area contributed by atoms with Crippen LogP contribution in [0.2, 0.25) is 0 Å². The number of hydrogen-bond donors (Lipinski definition) is 4. The molecule has 2 rings (SSSR count).